The standard InChI is InChI=1S/C6H4BrClO3/c1-10-6(9)4-2-3(8)5(7)11-4/h2H,1H3. The number of carbonyl (C=O) groups is 1. The fourth-order valence-corrected chi connectivity index (χ4v) is 0.974. The Hall–Kier alpha value is -0.480. The number of hydrogen-bond donors (Lipinski definition) is 0. The van der Waals surface area contributed by atoms with E-state index in [0.29, 0.717) is 9.69 Å². The van der Waals surface area contributed by atoms with Gasteiger partial charge >= 0.3 is 5.97 Å². The van der Waals surface area contributed by atoms with Gasteiger partial charge in [-0.1, -0.05) is 11.6 Å². The molecule has 0 bridgehead atoms. The summed E-state index contributed by atoms with van der Waals surface area (Å²) in [6.45, 7) is 0. The molecule has 1 aromatic heterocycles. The van der Waals surface area contributed by atoms with E-state index >= 15 is 0 Å². The van der Waals surface area contributed by atoms with Crippen molar-refractivity contribution in [2.45, 2.75) is 0 Å². The Labute approximate surface area is 76.4 Å². The van der Waals surface area contributed by atoms with Crippen molar-refractivity contribution in [3.05, 3.63) is 21.5 Å². The van der Waals surface area contributed by atoms with Gasteiger partial charge in [0.1, 0.15) is 0 Å². The smallest absolute Gasteiger partial charge is 0.374 e. The van der Waals surface area contributed by atoms with Gasteiger partial charge in [-0.3, -0.25) is 0 Å². The molecule has 1 rings (SSSR count). The number of esters is 1. The first-order valence-corrected chi connectivity index (χ1v) is 3.85. The number of halogens is 2. The van der Waals surface area contributed by atoms with E-state index in [0.717, 1.165) is 0 Å². The third-order valence-electron chi connectivity index (χ3n) is 1.03. The lowest BCUT2D eigenvalue weighted by molar-refractivity contribution is 0.0563. The van der Waals surface area contributed by atoms with Crippen LogP contribution in [0.25, 0.3) is 0 Å². The minimum atomic E-state index is -0.544. The lowest BCUT2D eigenvalue weighted by atomic mass is 10.5. The molecule has 0 aliphatic heterocycles. The lowest BCUT2D eigenvalue weighted by Gasteiger charge is -1.90. The van der Waals surface area contributed by atoms with E-state index in [2.05, 4.69) is 20.7 Å². The monoisotopic (exact) mass is 238 g/mol. The Morgan fingerprint density at radius 2 is 2.45 bits per heavy atom. The van der Waals surface area contributed by atoms with Crippen LogP contribution < -0.4 is 0 Å². The summed E-state index contributed by atoms with van der Waals surface area (Å²) in [5.41, 5.74) is 0. The van der Waals surface area contributed by atoms with Gasteiger partial charge in [0.25, 0.3) is 0 Å². The maximum absolute atomic E-state index is 10.8. The number of rotatable bonds is 1. The van der Waals surface area contributed by atoms with Crippen LogP contribution in [0.3, 0.4) is 0 Å². The Kier molecular flexibility index (Phi) is 2.57. The SMILES string of the molecule is COC(=O)c1cc(Cl)c(Br)o1. The first-order valence-electron chi connectivity index (χ1n) is 2.68. The zero-order valence-corrected chi connectivity index (χ0v) is 7.90. The van der Waals surface area contributed by atoms with E-state index < -0.39 is 5.97 Å². The molecule has 1 aromatic rings. The number of hydrogen-bond acceptors (Lipinski definition) is 3. The van der Waals surface area contributed by atoms with Gasteiger partial charge in [-0.25, -0.2) is 4.79 Å². The second-order valence-corrected chi connectivity index (χ2v) is 2.85. The molecule has 0 unspecified atom stereocenters. The fraction of sp³-hybridized carbons (Fsp3) is 0.167. The quantitative estimate of drug-likeness (QED) is 0.707. The average molecular weight is 239 g/mol. The topological polar surface area (TPSA) is 39.4 Å². The summed E-state index contributed by atoms with van der Waals surface area (Å²) < 4.78 is 9.60. The van der Waals surface area contributed by atoms with E-state index in [1.54, 1.807) is 0 Å². The predicted molar refractivity (Wildman–Crippen MR) is 42.8 cm³/mol. The highest BCUT2D eigenvalue weighted by Gasteiger charge is 2.13. The van der Waals surface area contributed by atoms with Crippen LogP contribution in [0.4, 0.5) is 0 Å². The summed E-state index contributed by atoms with van der Waals surface area (Å²) >= 11 is 8.59. The second kappa shape index (κ2) is 3.28. The molecule has 0 aliphatic carbocycles. The molecule has 0 spiro atoms. The Morgan fingerprint density at radius 3 is 2.82 bits per heavy atom. The molecule has 0 radical (unpaired) electrons. The Balaban J connectivity index is 2.97. The molecule has 0 N–H and O–H groups in total. The summed E-state index contributed by atoms with van der Waals surface area (Å²) in [7, 11) is 1.27. The van der Waals surface area contributed by atoms with Crippen molar-refractivity contribution >= 4 is 33.5 Å². The minimum absolute atomic E-state index is 0.0874. The van der Waals surface area contributed by atoms with Crippen molar-refractivity contribution in [3.63, 3.8) is 0 Å². The van der Waals surface area contributed by atoms with Gasteiger partial charge < -0.3 is 9.15 Å². The predicted octanol–water partition coefficient (Wildman–Crippen LogP) is 2.48. The zero-order chi connectivity index (χ0) is 8.43. The van der Waals surface area contributed by atoms with Crippen LogP contribution in [0.2, 0.25) is 5.02 Å². The zero-order valence-electron chi connectivity index (χ0n) is 5.56. The molecule has 3 nitrogen and oxygen atoms in total. The molecule has 0 amide bonds. The minimum Gasteiger partial charge on any atom is -0.463 e. The Bertz CT molecular complexity index is 262. The molecule has 0 aromatic carbocycles. The summed E-state index contributed by atoms with van der Waals surface area (Å²) in [4.78, 5) is 10.8. The van der Waals surface area contributed by atoms with Crippen molar-refractivity contribution < 1.29 is 13.9 Å². The molecule has 0 saturated heterocycles. The summed E-state index contributed by atoms with van der Waals surface area (Å²) in [5.74, 6) is -0.457. The maximum Gasteiger partial charge on any atom is 0.374 e. The van der Waals surface area contributed by atoms with E-state index in [9.17, 15) is 4.79 Å². The van der Waals surface area contributed by atoms with Crippen molar-refractivity contribution in [1.82, 2.24) is 0 Å². The lowest BCUT2D eigenvalue weighted by Crippen LogP contribution is -1.97. The molecule has 0 saturated carbocycles. The molecule has 11 heavy (non-hydrogen) atoms. The Morgan fingerprint density at radius 1 is 1.82 bits per heavy atom. The summed E-state index contributed by atoms with van der Waals surface area (Å²) in [5, 5.41) is 0.352. The van der Waals surface area contributed by atoms with Crippen molar-refractivity contribution in [2.24, 2.45) is 0 Å². The van der Waals surface area contributed by atoms with Crippen LogP contribution >= 0.6 is 27.5 Å². The number of furan rings is 1. The molecule has 0 aliphatic rings. The van der Waals surface area contributed by atoms with Crippen LogP contribution in [0, 0.1) is 0 Å². The van der Waals surface area contributed by atoms with Gasteiger partial charge in [0.05, 0.1) is 12.1 Å². The third kappa shape index (κ3) is 1.75. The van der Waals surface area contributed by atoms with Crippen LogP contribution in [-0.4, -0.2) is 13.1 Å². The van der Waals surface area contributed by atoms with Gasteiger partial charge in [-0.2, -0.15) is 0 Å². The largest absolute Gasteiger partial charge is 0.463 e. The highest BCUT2D eigenvalue weighted by Crippen LogP contribution is 2.26. The van der Waals surface area contributed by atoms with E-state index in [-0.39, 0.29) is 5.76 Å². The fourth-order valence-electron chi connectivity index (χ4n) is 0.548. The summed E-state index contributed by atoms with van der Waals surface area (Å²) in [6, 6.07) is 1.39. The molecule has 1 heterocycles. The number of ether oxygens (including phenoxy) is 1. The van der Waals surface area contributed by atoms with E-state index in [1.807, 2.05) is 0 Å². The molecular formula is C6H4BrClO3. The van der Waals surface area contributed by atoms with Crippen molar-refractivity contribution in [3.8, 4) is 0 Å². The normalized spacial score (nSPS) is 9.73. The second-order valence-electron chi connectivity index (χ2n) is 1.72. The maximum atomic E-state index is 10.8. The van der Waals surface area contributed by atoms with Gasteiger partial charge in [0, 0.05) is 6.07 Å². The van der Waals surface area contributed by atoms with Crippen LogP contribution in [0.5, 0.6) is 0 Å². The molecule has 0 atom stereocenters. The summed E-state index contributed by atoms with van der Waals surface area (Å²) in [6.07, 6.45) is 0. The highest BCUT2D eigenvalue weighted by molar-refractivity contribution is 9.10. The first-order chi connectivity index (χ1) is 5.15. The van der Waals surface area contributed by atoms with Crippen LogP contribution in [0.15, 0.2) is 15.2 Å². The van der Waals surface area contributed by atoms with Gasteiger partial charge in [-0.05, 0) is 15.9 Å². The molecule has 5 heteroatoms. The molecular weight excluding hydrogens is 235 g/mol. The van der Waals surface area contributed by atoms with Gasteiger partial charge in [-0.15, -0.1) is 0 Å². The number of methoxy groups -OCH3 is 1. The highest BCUT2D eigenvalue weighted by atomic mass is 79.9. The van der Waals surface area contributed by atoms with Gasteiger partial charge in [0.2, 0.25) is 5.76 Å². The van der Waals surface area contributed by atoms with Crippen LogP contribution in [0.1, 0.15) is 10.6 Å². The van der Waals surface area contributed by atoms with E-state index in [1.165, 1.54) is 13.2 Å². The van der Waals surface area contributed by atoms with Gasteiger partial charge in [0.15, 0.2) is 4.67 Å². The van der Waals surface area contributed by atoms with Crippen molar-refractivity contribution in [2.75, 3.05) is 7.11 Å². The van der Waals surface area contributed by atoms with Crippen molar-refractivity contribution in [1.29, 1.82) is 0 Å². The molecule has 0 fully saturated rings. The number of carbonyl (C=O) groups excluding carboxylic acids is 1. The average Bonchev–Trinajstić information content (AvgIpc) is 2.31. The first kappa shape index (κ1) is 8.62. The van der Waals surface area contributed by atoms with Crippen LogP contribution in [-0.2, 0) is 4.74 Å². The third-order valence-corrected chi connectivity index (χ3v) is 2.13. The van der Waals surface area contributed by atoms with E-state index in [4.69, 9.17) is 16.0 Å². The molecule has 60 valence electrons.